The lowest BCUT2D eigenvalue weighted by Crippen LogP contribution is -2.25. The van der Waals surface area contributed by atoms with Crippen LogP contribution in [0, 0.1) is 0 Å². The van der Waals surface area contributed by atoms with Crippen molar-refractivity contribution in [3.63, 3.8) is 0 Å². The van der Waals surface area contributed by atoms with Gasteiger partial charge < -0.3 is 24.4 Å². The Morgan fingerprint density at radius 3 is 1.95 bits per heavy atom. The van der Waals surface area contributed by atoms with Crippen molar-refractivity contribution in [1.29, 1.82) is 0 Å². The van der Waals surface area contributed by atoms with Gasteiger partial charge >= 0.3 is 18.1 Å². The van der Waals surface area contributed by atoms with Gasteiger partial charge in [0.25, 0.3) is 0 Å². The molecular formula is C29H29F3O7. The number of aromatic hydroxyl groups is 1. The number of hydrogen-bond donors (Lipinski definition) is 2. The number of halogens is 3. The smallest absolute Gasteiger partial charge is 0.419 e. The minimum atomic E-state index is -4.87. The van der Waals surface area contributed by atoms with Crippen molar-refractivity contribution in [1.82, 2.24) is 0 Å². The minimum Gasteiger partial charge on any atom is -0.506 e. The first-order chi connectivity index (χ1) is 18.2. The van der Waals surface area contributed by atoms with Gasteiger partial charge in [-0.05, 0) is 55.7 Å². The summed E-state index contributed by atoms with van der Waals surface area (Å²) in [6, 6.07) is 15.6. The summed E-state index contributed by atoms with van der Waals surface area (Å²) >= 11 is 0. The van der Waals surface area contributed by atoms with Crippen molar-refractivity contribution in [3.05, 3.63) is 82.9 Å². The zero-order valence-corrected chi connectivity index (χ0v) is 21.8. The molecule has 0 aromatic heterocycles. The van der Waals surface area contributed by atoms with Crippen molar-refractivity contribution < 1.29 is 47.2 Å². The average Bonchev–Trinajstić information content (AvgIpc) is 2.86. The zero-order chi connectivity index (χ0) is 29.0. The molecule has 39 heavy (non-hydrogen) atoms. The number of benzene rings is 3. The van der Waals surface area contributed by atoms with Crippen molar-refractivity contribution in [2.45, 2.75) is 45.1 Å². The Kier molecular flexibility index (Phi) is 8.91. The van der Waals surface area contributed by atoms with E-state index in [0.717, 1.165) is 17.2 Å². The van der Waals surface area contributed by atoms with Gasteiger partial charge in [0.05, 0.1) is 19.3 Å². The molecule has 208 valence electrons. The van der Waals surface area contributed by atoms with Crippen LogP contribution in [0.3, 0.4) is 0 Å². The number of carbonyl (C=O) groups is 2. The van der Waals surface area contributed by atoms with Gasteiger partial charge in [-0.3, -0.25) is 4.79 Å². The van der Waals surface area contributed by atoms with E-state index in [4.69, 9.17) is 14.2 Å². The molecule has 0 heterocycles. The third kappa shape index (κ3) is 7.29. The van der Waals surface area contributed by atoms with E-state index in [1.54, 1.807) is 69.3 Å². The third-order valence-corrected chi connectivity index (χ3v) is 5.74. The number of rotatable bonds is 8. The molecule has 0 aliphatic carbocycles. The molecule has 0 bridgehead atoms. The number of phenolic OH excluding ortho intramolecular Hbond substituents is 1. The van der Waals surface area contributed by atoms with Crippen molar-refractivity contribution in [2.75, 3.05) is 13.7 Å². The lowest BCUT2D eigenvalue weighted by atomic mass is 9.97. The molecule has 1 unspecified atom stereocenters. The maximum Gasteiger partial charge on any atom is 0.419 e. The molecule has 7 nitrogen and oxygen atoms in total. The molecule has 0 saturated carbocycles. The van der Waals surface area contributed by atoms with Crippen LogP contribution in [0.5, 0.6) is 11.5 Å². The predicted octanol–water partition coefficient (Wildman–Crippen LogP) is 5.86. The predicted molar refractivity (Wildman–Crippen MR) is 136 cm³/mol. The van der Waals surface area contributed by atoms with Crippen molar-refractivity contribution >= 4 is 11.9 Å². The monoisotopic (exact) mass is 546 g/mol. The zero-order valence-electron chi connectivity index (χ0n) is 21.8. The molecule has 0 aliphatic heterocycles. The standard InChI is InChI=1S/C29H29F3O7/c1-28(2,3)39-27(36)24-20(11-14-23(25(24)34)29(30,31)32)16-38-21-12-9-18(10-13-21)17-5-7-19(8-6-17)22(15-33)26(35)37-4/h5-14,22,33-34H,15-16H2,1-4H3. The van der Waals surface area contributed by atoms with Gasteiger partial charge in [0.15, 0.2) is 0 Å². The Morgan fingerprint density at radius 2 is 1.46 bits per heavy atom. The molecule has 0 fully saturated rings. The summed E-state index contributed by atoms with van der Waals surface area (Å²) in [4.78, 5) is 24.5. The summed E-state index contributed by atoms with van der Waals surface area (Å²) in [5.41, 5.74) is -0.681. The van der Waals surface area contributed by atoms with E-state index in [0.29, 0.717) is 17.4 Å². The van der Waals surface area contributed by atoms with Crippen LogP contribution in [0.2, 0.25) is 0 Å². The molecule has 10 heteroatoms. The van der Waals surface area contributed by atoms with Crippen LogP contribution in [0.15, 0.2) is 60.7 Å². The Bertz CT molecular complexity index is 1310. The lowest BCUT2D eigenvalue weighted by molar-refractivity contribution is -0.143. The minimum absolute atomic E-state index is 0.0264. The van der Waals surface area contributed by atoms with E-state index < -0.39 is 46.5 Å². The molecule has 0 spiro atoms. The summed E-state index contributed by atoms with van der Waals surface area (Å²) in [5, 5.41) is 19.8. The Morgan fingerprint density at radius 1 is 0.897 bits per heavy atom. The number of esters is 2. The maximum atomic E-state index is 13.3. The van der Waals surface area contributed by atoms with Crippen molar-refractivity contribution in [3.8, 4) is 22.6 Å². The Hall–Kier alpha value is -4.05. The molecule has 0 amide bonds. The van der Waals surface area contributed by atoms with Crippen LogP contribution in [0.4, 0.5) is 13.2 Å². The van der Waals surface area contributed by atoms with E-state index >= 15 is 0 Å². The molecule has 0 saturated heterocycles. The molecule has 0 aliphatic rings. The van der Waals surface area contributed by atoms with Gasteiger partial charge in [-0.1, -0.05) is 42.5 Å². The third-order valence-electron chi connectivity index (χ3n) is 5.74. The fourth-order valence-corrected chi connectivity index (χ4v) is 3.81. The number of aliphatic hydroxyl groups excluding tert-OH is 1. The first-order valence-corrected chi connectivity index (χ1v) is 11.9. The van der Waals surface area contributed by atoms with Gasteiger partial charge in [-0.2, -0.15) is 13.2 Å². The largest absolute Gasteiger partial charge is 0.506 e. The number of hydrogen-bond acceptors (Lipinski definition) is 7. The van der Waals surface area contributed by atoms with Crippen LogP contribution in [0.25, 0.3) is 11.1 Å². The summed E-state index contributed by atoms with van der Waals surface area (Å²) in [6.45, 7) is 4.00. The Balaban J connectivity index is 1.80. The van der Waals surface area contributed by atoms with Crippen molar-refractivity contribution in [2.24, 2.45) is 0 Å². The van der Waals surface area contributed by atoms with Crippen LogP contribution in [-0.4, -0.2) is 41.5 Å². The van der Waals surface area contributed by atoms with Gasteiger partial charge in [-0.25, -0.2) is 4.79 Å². The van der Waals surface area contributed by atoms with E-state index in [-0.39, 0.29) is 18.8 Å². The number of carbonyl (C=O) groups excluding carboxylic acids is 2. The van der Waals surface area contributed by atoms with Gasteiger partial charge in [0.1, 0.15) is 35.2 Å². The molecule has 0 radical (unpaired) electrons. The second-order valence-corrected chi connectivity index (χ2v) is 9.69. The molecule has 3 rings (SSSR count). The second-order valence-electron chi connectivity index (χ2n) is 9.69. The second kappa shape index (κ2) is 11.8. The fraction of sp³-hybridized carbons (Fsp3) is 0.310. The average molecular weight is 547 g/mol. The first-order valence-electron chi connectivity index (χ1n) is 11.9. The lowest BCUT2D eigenvalue weighted by Gasteiger charge is -2.22. The molecule has 3 aromatic carbocycles. The first kappa shape index (κ1) is 29.5. The number of aliphatic hydroxyl groups is 1. The van der Waals surface area contributed by atoms with Gasteiger partial charge in [0, 0.05) is 5.56 Å². The molecule has 3 aromatic rings. The highest BCUT2D eigenvalue weighted by atomic mass is 19.4. The van der Waals surface area contributed by atoms with Crippen LogP contribution >= 0.6 is 0 Å². The highest BCUT2D eigenvalue weighted by molar-refractivity contribution is 5.95. The van der Waals surface area contributed by atoms with Gasteiger partial charge in [-0.15, -0.1) is 0 Å². The quantitative estimate of drug-likeness (QED) is 0.341. The summed E-state index contributed by atoms with van der Waals surface area (Å²) < 4.78 is 55.7. The number of alkyl halides is 3. The van der Waals surface area contributed by atoms with Gasteiger partial charge in [0.2, 0.25) is 0 Å². The molecular weight excluding hydrogens is 517 g/mol. The molecule has 2 N–H and O–H groups in total. The van der Waals surface area contributed by atoms with Crippen LogP contribution in [0.1, 0.15) is 53.7 Å². The maximum absolute atomic E-state index is 13.3. The molecule has 1 atom stereocenters. The SMILES string of the molecule is COC(=O)C(CO)c1ccc(-c2ccc(OCc3ccc(C(F)(F)F)c(O)c3C(=O)OC(C)(C)C)cc2)cc1. The normalized spacial score (nSPS) is 12.5. The number of methoxy groups -OCH3 is 1. The topological polar surface area (TPSA) is 102 Å². The number of phenols is 1. The van der Waals surface area contributed by atoms with Crippen LogP contribution in [-0.2, 0) is 27.1 Å². The van der Waals surface area contributed by atoms with E-state index in [1.807, 2.05) is 0 Å². The van der Waals surface area contributed by atoms with E-state index in [9.17, 15) is 33.0 Å². The fourth-order valence-electron chi connectivity index (χ4n) is 3.81. The Labute approximate surface area is 223 Å². The summed E-state index contributed by atoms with van der Waals surface area (Å²) in [5.74, 6) is -3.26. The summed E-state index contributed by atoms with van der Waals surface area (Å²) in [6.07, 6.45) is -4.87. The number of ether oxygens (including phenoxy) is 3. The van der Waals surface area contributed by atoms with E-state index in [1.165, 1.54) is 7.11 Å². The highest BCUT2D eigenvalue weighted by Gasteiger charge is 2.37. The highest BCUT2D eigenvalue weighted by Crippen LogP contribution is 2.39. The summed E-state index contributed by atoms with van der Waals surface area (Å²) in [7, 11) is 1.25. The van der Waals surface area contributed by atoms with Crippen LogP contribution < -0.4 is 4.74 Å². The van der Waals surface area contributed by atoms with E-state index in [2.05, 4.69) is 0 Å².